The smallest absolute Gasteiger partial charge is 0.122 e. The van der Waals surface area contributed by atoms with Crippen LogP contribution in [0.25, 0.3) is 11.3 Å². The van der Waals surface area contributed by atoms with Crippen LogP contribution in [0.2, 0.25) is 5.02 Å². The van der Waals surface area contributed by atoms with Crippen molar-refractivity contribution in [3.8, 4) is 11.3 Å². The van der Waals surface area contributed by atoms with Gasteiger partial charge in [0, 0.05) is 16.7 Å². The number of benzene rings is 1. The van der Waals surface area contributed by atoms with Gasteiger partial charge in [0.25, 0.3) is 0 Å². The standard InChI is InChI=1S/C15H14ClN3O/c1-10-12(6-7-20-10)14-8-15(17)19(18-14)9-11-4-2-3-5-13(11)16/h2-8H,9,17H2,1H3. The lowest BCUT2D eigenvalue weighted by atomic mass is 10.2. The summed E-state index contributed by atoms with van der Waals surface area (Å²) in [6, 6.07) is 11.4. The van der Waals surface area contributed by atoms with Crippen LogP contribution in [0.1, 0.15) is 11.3 Å². The lowest BCUT2D eigenvalue weighted by Crippen LogP contribution is -2.06. The van der Waals surface area contributed by atoms with Crippen molar-refractivity contribution >= 4 is 17.4 Å². The maximum Gasteiger partial charge on any atom is 0.122 e. The van der Waals surface area contributed by atoms with Crippen LogP contribution in [-0.2, 0) is 6.54 Å². The van der Waals surface area contributed by atoms with Crippen LogP contribution in [0.15, 0.2) is 47.1 Å². The minimum atomic E-state index is 0.544. The minimum Gasteiger partial charge on any atom is -0.469 e. The maximum atomic E-state index is 6.16. The Balaban J connectivity index is 1.94. The van der Waals surface area contributed by atoms with Crippen molar-refractivity contribution in [3.63, 3.8) is 0 Å². The van der Waals surface area contributed by atoms with Crippen molar-refractivity contribution in [1.82, 2.24) is 9.78 Å². The molecule has 4 nitrogen and oxygen atoms in total. The molecule has 0 spiro atoms. The summed E-state index contributed by atoms with van der Waals surface area (Å²) in [5, 5.41) is 5.23. The number of nitrogens with two attached hydrogens (primary N) is 1. The molecule has 0 amide bonds. The van der Waals surface area contributed by atoms with Crippen molar-refractivity contribution in [1.29, 1.82) is 0 Å². The molecule has 2 aromatic heterocycles. The molecule has 102 valence electrons. The van der Waals surface area contributed by atoms with Crippen molar-refractivity contribution in [2.45, 2.75) is 13.5 Å². The summed E-state index contributed by atoms with van der Waals surface area (Å²) in [6.45, 7) is 2.45. The largest absolute Gasteiger partial charge is 0.469 e. The van der Waals surface area contributed by atoms with E-state index in [0.29, 0.717) is 17.4 Å². The van der Waals surface area contributed by atoms with Crippen LogP contribution >= 0.6 is 11.6 Å². The fourth-order valence-electron chi connectivity index (χ4n) is 2.13. The summed E-state index contributed by atoms with van der Waals surface area (Å²) in [5.41, 5.74) is 8.77. The van der Waals surface area contributed by atoms with Crippen LogP contribution in [-0.4, -0.2) is 9.78 Å². The topological polar surface area (TPSA) is 57.0 Å². The van der Waals surface area contributed by atoms with Gasteiger partial charge in [-0.2, -0.15) is 5.10 Å². The summed E-state index contributed by atoms with van der Waals surface area (Å²) in [4.78, 5) is 0. The molecule has 0 unspecified atom stereocenters. The van der Waals surface area contributed by atoms with Gasteiger partial charge in [0.2, 0.25) is 0 Å². The molecule has 0 saturated heterocycles. The normalized spacial score (nSPS) is 10.9. The van der Waals surface area contributed by atoms with E-state index >= 15 is 0 Å². The van der Waals surface area contributed by atoms with E-state index in [2.05, 4.69) is 5.10 Å². The van der Waals surface area contributed by atoms with Crippen molar-refractivity contribution in [2.24, 2.45) is 0 Å². The van der Waals surface area contributed by atoms with Gasteiger partial charge < -0.3 is 10.2 Å². The molecule has 0 fully saturated rings. The molecule has 3 rings (SSSR count). The zero-order chi connectivity index (χ0) is 14.1. The fraction of sp³-hybridized carbons (Fsp3) is 0.133. The van der Waals surface area contributed by atoms with Crippen molar-refractivity contribution in [3.05, 3.63) is 59.0 Å². The lowest BCUT2D eigenvalue weighted by molar-refractivity contribution is 0.535. The number of hydrogen-bond donors (Lipinski definition) is 1. The predicted octanol–water partition coefficient (Wildman–Crippen LogP) is 3.74. The lowest BCUT2D eigenvalue weighted by Gasteiger charge is -2.05. The molecule has 0 bridgehead atoms. The van der Waals surface area contributed by atoms with Gasteiger partial charge in [-0.05, 0) is 24.6 Å². The zero-order valence-electron chi connectivity index (χ0n) is 11.0. The molecule has 0 aliphatic heterocycles. The van der Waals surface area contributed by atoms with Gasteiger partial charge in [-0.15, -0.1) is 0 Å². The van der Waals surface area contributed by atoms with Crippen LogP contribution in [0, 0.1) is 6.92 Å². The van der Waals surface area contributed by atoms with Crippen LogP contribution in [0.3, 0.4) is 0 Å². The van der Waals surface area contributed by atoms with E-state index < -0.39 is 0 Å². The van der Waals surface area contributed by atoms with E-state index in [-0.39, 0.29) is 0 Å². The van der Waals surface area contributed by atoms with E-state index in [1.807, 2.05) is 43.3 Å². The number of hydrogen-bond acceptors (Lipinski definition) is 3. The number of nitrogen functional groups attached to an aromatic ring is 1. The Morgan fingerprint density at radius 2 is 2.10 bits per heavy atom. The van der Waals surface area contributed by atoms with Gasteiger partial charge in [0.1, 0.15) is 11.6 Å². The average Bonchev–Trinajstić information content (AvgIpc) is 2.99. The third-order valence-corrected chi connectivity index (χ3v) is 3.59. The molecule has 0 aliphatic rings. The van der Waals surface area contributed by atoms with Crippen molar-refractivity contribution in [2.75, 3.05) is 5.73 Å². The third kappa shape index (κ3) is 2.30. The second-order valence-corrected chi connectivity index (χ2v) is 5.00. The Kier molecular flexibility index (Phi) is 3.24. The van der Waals surface area contributed by atoms with Crippen LogP contribution < -0.4 is 5.73 Å². The van der Waals surface area contributed by atoms with Crippen LogP contribution in [0.4, 0.5) is 5.82 Å². The minimum absolute atomic E-state index is 0.544. The first-order chi connectivity index (χ1) is 9.65. The second-order valence-electron chi connectivity index (χ2n) is 4.59. The molecule has 2 heterocycles. The van der Waals surface area contributed by atoms with Gasteiger partial charge >= 0.3 is 0 Å². The Morgan fingerprint density at radius 3 is 2.80 bits per heavy atom. The monoisotopic (exact) mass is 287 g/mol. The van der Waals surface area contributed by atoms with Gasteiger partial charge in [-0.1, -0.05) is 29.8 Å². The molecule has 20 heavy (non-hydrogen) atoms. The van der Waals surface area contributed by atoms with Crippen molar-refractivity contribution < 1.29 is 4.42 Å². The molecule has 0 atom stereocenters. The number of aryl methyl sites for hydroxylation is 1. The summed E-state index contributed by atoms with van der Waals surface area (Å²) in [6.07, 6.45) is 1.65. The summed E-state index contributed by atoms with van der Waals surface area (Å²) in [5.74, 6) is 1.42. The molecule has 2 N–H and O–H groups in total. The number of anilines is 1. The second kappa shape index (κ2) is 5.06. The van der Waals surface area contributed by atoms with Gasteiger partial charge in [0.05, 0.1) is 18.5 Å². The molecular formula is C15H14ClN3O. The Morgan fingerprint density at radius 1 is 1.30 bits per heavy atom. The molecule has 1 aromatic carbocycles. The first-order valence-corrected chi connectivity index (χ1v) is 6.64. The molecular weight excluding hydrogens is 274 g/mol. The summed E-state index contributed by atoms with van der Waals surface area (Å²) in [7, 11) is 0. The van der Waals surface area contributed by atoms with Gasteiger partial charge in [-0.25, -0.2) is 4.68 Å². The first-order valence-electron chi connectivity index (χ1n) is 6.26. The highest BCUT2D eigenvalue weighted by Gasteiger charge is 2.12. The number of rotatable bonds is 3. The SMILES string of the molecule is Cc1occc1-c1cc(N)n(Cc2ccccc2Cl)n1. The summed E-state index contributed by atoms with van der Waals surface area (Å²) < 4.78 is 7.03. The van der Waals surface area contributed by atoms with Gasteiger partial charge in [-0.3, -0.25) is 0 Å². The third-order valence-electron chi connectivity index (χ3n) is 3.22. The van der Waals surface area contributed by atoms with Crippen LogP contribution in [0.5, 0.6) is 0 Å². The molecule has 0 saturated carbocycles. The molecule has 5 heteroatoms. The number of nitrogens with zero attached hydrogens (tertiary/aromatic N) is 2. The highest BCUT2D eigenvalue weighted by atomic mass is 35.5. The highest BCUT2D eigenvalue weighted by Crippen LogP contribution is 2.25. The number of halogens is 1. The maximum absolute atomic E-state index is 6.16. The molecule has 0 radical (unpaired) electrons. The van der Waals surface area contributed by atoms with E-state index in [9.17, 15) is 0 Å². The quantitative estimate of drug-likeness (QED) is 0.798. The highest BCUT2D eigenvalue weighted by molar-refractivity contribution is 6.31. The van der Waals surface area contributed by atoms with Gasteiger partial charge in [0.15, 0.2) is 0 Å². The Bertz CT molecular complexity index is 745. The number of furan rings is 1. The predicted molar refractivity (Wildman–Crippen MR) is 79.6 cm³/mol. The van der Waals surface area contributed by atoms with E-state index in [1.54, 1.807) is 10.9 Å². The molecule has 0 aliphatic carbocycles. The van der Waals surface area contributed by atoms with E-state index in [0.717, 1.165) is 22.6 Å². The fourth-order valence-corrected chi connectivity index (χ4v) is 2.32. The van der Waals surface area contributed by atoms with E-state index in [1.165, 1.54) is 0 Å². The first kappa shape index (κ1) is 12.8. The Labute approximate surface area is 121 Å². The van der Waals surface area contributed by atoms with E-state index in [4.69, 9.17) is 21.8 Å². The summed E-state index contributed by atoms with van der Waals surface area (Å²) >= 11 is 6.16. The molecule has 3 aromatic rings. The average molecular weight is 288 g/mol. The zero-order valence-corrected chi connectivity index (χ0v) is 11.8. The number of aromatic nitrogens is 2. The Hall–Kier alpha value is -2.20.